The third-order valence-electron chi connectivity index (χ3n) is 1.34. The van der Waals surface area contributed by atoms with Crippen molar-refractivity contribution in [2.45, 2.75) is 41.0 Å². The molecule has 0 heterocycles. The third-order valence-corrected chi connectivity index (χ3v) is 1.34. The first-order valence-corrected chi connectivity index (χ1v) is 5.42. The summed E-state index contributed by atoms with van der Waals surface area (Å²) in [5.74, 6) is -0.237. The Balaban J connectivity index is 0. The molecule has 0 saturated heterocycles. The van der Waals surface area contributed by atoms with Crippen LogP contribution in [0.1, 0.15) is 40.2 Å². The van der Waals surface area contributed by atoms with E-state index < -0.39 is 0 Å². The first-order chi connectivity index (χ1) is 7.18. The molecule has 0 aromatic heterocycles. The molecule has 0 amide bonds. The number of ketones is 1. The van der Waals surface area contributed by atoms with Gasteiger partial charge in [-0.05, 0) is 24.6 Å². The van der Waals surface area contributed by atoms with Crippen LogP contribution >= 0.6 is 0 Å². The molecule has 1 rings (SSSR count). The van der Waals surface area contributed by atoms with Crippen LogP contribution < -0.4 is 0 Å². The van der Waals surface area contributed by atoms with Crippen molar-refractivity contribution in [3.63, 3.8) is 0 Å². The second kappa shape index (κ2) is 10.9. The van der Waals surface area contributed by atoms with Crippen molar-refractivity contribution in [3.8, 4) is 0 Å². The van der Waals surface area contributed by atoms with Crippen molar-refractivity contribution >= 4 is 5.78 Å². The zero-order chi connectivity index (χ0) is 12.3. The highest BCUT2D eigenvalue weighted by Gasteiger charge is 1.97. The SMILES string of the molecule is CC.CC.CC(=O)Cc1cccc(F)c1. The van der Waals surface area contributed by atoms with Crippen LogP contribution in [0.15, 0.2) is 24.3 Å². The minimum Gasteiger partial charge on any atom is -0.300 e. The molecule has 0 radical (unpaired) electrons. The normalized spacial score (nSPS) is 7.87. The number of hydrogen-bond donors (Lipinski definition) is 0. The Morgan fingerprint density at radius 2 is 1.73 bits per heavy atom. The average molecular weight is 212 g/mol. The molecule has 0 N–H and O–H groups in total. The van der Waals surface area contributed by atoms with E-state index in [1.165, 1.54) is 19.1 Å². The Bertz CT molecular complexity index is 269. The summed E-state index contributed by atoms with van der Waals surface area (Å²) in [5, 5.41) is 0. The first-order valence-electron chi connectivity index (χ1n) is 5.42. The van der Waals surface area contributed by atoms with E-state index in [0.717, 1.165) is 5.56 Å². The highest BCUT2D eigenvalue weighted by atomic mass is 19.1. The monoisotopic (exact) mass is 212 g/mol. The smallest absolute Gasteiger partial charge is 0.134 e. The van der Waals surface area contributed by atoms with E-state index in [-0.39, 0.29) is 11.6 Å². The van der Waals surface area contributed by atoms with Crippen molar-refractivity contribution in [2.24, 2.45) is 0 Å². The zero-order valence-electron chi connectivity index (χ0n) is 10.3. The van der Waals surface area contributed by atoms with E-state index in [0.29, 0.717) is 6.42 Å². The van der Waals surface area contributed by atoms with Crippen molar-refractivity contribution in [1.29, 1.82) is 0 Å². The maximum absolute atomic E-state index is 12.5. The molecule has 0 fully saturated rings. The molecule has 2 heteroatoms. The van der Waals surface area contributed by atoms with Crippen LogP contribution in [0.5, 0.6) is 0 Å². The van der Waals surface area contributed by atoms with Gasteiger partial charge in [0, 0.05) is 6.42 Å². The minimum absolute atomic E-state index is 0.0515. The molecule has 0 saturated carbocycles. The fraction of sp³-hybridized carbons (Fsp3) is 0.462. The number of carbonyl (C=O) groups is 1. The second-order valence-corrected chi connectivity index (χ2v) is 2.51. The van der Waals surface area contributed by atoms with Gasteiger partial charge in [0.15, 0.2) is 0 Å². The fourth-order valence-corrected chi connectivity index (χ4v) is 0.934. The van der Waals surface area contributed by atoms with Crippen molar-refractivity contribution < 1.29 is 9.18 Å². The predicted octanol–water partition coefficient (Wildman–Crippen LogP) is 4.01. The number of benzene rings is 1. The lowest BCUT2D eigenvalue weighted by molar-refractivity contribution is -0.116. The molecular weight excluding hydrogens is 191 g/mol. The van der Waals surface area contributed by atoms with Gasteiger partial charge in [0.05, 0.1) is 0 Å². The van der Waals surface area contributed by atoms with Crippen LogP contribution in [0.4, 0.5) is 4.39 Å². The molecule has 86 valence electrons. The van der Waals surface area contributed by atoms with Crippen molar-refractivity contribution in [3.05, 3.63) is 35.6 Å². The lowest BCUT2D eigenvalue weighted by Crippen LogP contribution is -1.95. The number of carbonyl (C=O) groups excluding carboxylic acids is 1. The van der Waals surface area contributed by atoms with Gasteiger partial charge in [0.2, 0.25) is 0 Å². The van der Waals surface area contributed by atoms with Gasteiger partial charge in [-0.25, -0.2) is 4.39 Å². The summed E-state index contributed by atoms with van der Waals surface area (Å²) in [5.41, 5.74) is 0.734. The minimum atomic E-state index is -0.288. The summed E-state index contributed by atoms with van der Waals surface area (Å²) in [6.07, 6.45) is 0.317. The van der Waals surface area contributed by atoms with E-state index in [4.69, 9.17) is 0 Å². The Morgan fingerprint density at radius 3 is 2.13 bits per heavy atom. The summed E-state index contributed by atoms with van der Waals surface area (Å²) < 4.78 is 12.5. The molecular formula is C13H21FO. The highest BCUT2D eigenvalue weighted by molar-refractivity contribution is 5.78. The van der Waals surface area contributed by atoms with Gasteiger partial charge in [-0.1, -0.05) is 39.8 Å². The van der Waals surface area contributed by atoms with E-state index in [1.54, 1.807) is 12.1 Å². The van der Waals surface area contributed by atoms with E-state index >= 15 is 0 Å². The lowest BCUT2D eigenvalue weighted by Gasteiger charge is -1.95. The van der Waals surface area contributed by atoms with Crippen molar-refractivity contribution in [2.75, 3.05) is 0 Å². The van der Waals surface area contributed by atoms with Gasteiger partial charge in [0.25, 0.3) is 0 Å². The molecule has 1 aromatic carbocycles. The quantitative estimate of drug-likeness (QED) is 0.724. The second-order valence-electron chi connectivity index (χ2n) is 2.51. The van der Waals surface area contributed by atoms with E-state index in [9.17, 15) is 9.18 Å². The van der Waals surface area contributed by atoms with Gasteiger partial charge >= 0.3 is 0 Å². The molecule has 15 heavy (non-hydrogen) atoms. The highest BCUT2D eigenvalue weighted by Crippen LogP contribution is 2.03. The molecule has 1 aromatic rings. The summed E-state index contributed by atoms with van der Waals surface area (Å²) in [6.45, 7) is 9.49. The van der Waals surface area contributed by atoms with Gasteiger partial charge in [0.1, 0.15) is 11.6 Å². The number of halogens is 1. The van der Waals surface area contributed by atoms with E-state index in [1.807, 2.05) is 27.7 Å². The van der Waals surface area contributed by atoms with Crippen LogP contribution in [0.3, 0.4) is 0 Å². The summed E-state index contributed by atoms with van der Waals surface area (Å²) in [4.78, 5) is 10.6. The standard InChI is InChI=1S/C9H9FO.2C2H6/c1-7(11)5-8-3-2-4-9(10)6-8;2*1-2/h2-4,6H,5H2,1H3;2*1-2H3. The average Bonchev–Trinajstić information content (AvgIpc) is 2.23. The molecule has 0 aliphatic heterocycles. The predicted molar refractivity (Wildman–Crippen MR) is 63.5 cm³/mol. The fourth-order valence-electron chi connectivity index (χ4n) is 0.934. The Morgan fingerprint density at radius 1 is 1.20 bits per heavy atom. The Labute approximate surface area is 92.3 Å². The molecule has 0 unspecified atom stereocenters. The molecule has 0 bridgehead atoms. The van der Waals surface area contributed by atoms with Crippen LogP contribution in [-0.2, 0) is 11.2 Å². The van der Waals surface area contributed by atoms with Gasteiger partial charge < -0.3 is 0 Å². The Kier molecular flexibility index (Phi) is 11.8. The number of hydrogen-bond acceptors (Lipinski definition) is 1. The van der Waals surface area contributed by atoms with Gasteiger partial charge in [-0.15, -0.1) is 0 Å². The van der Waals surface area contributed by atoms with Gasteiger partial charge in [-0.2, -0.15) is 0 Å². The summed E-state index contributed by atoms with van der Waals surface area (Å²) >= 11 is 0. The maximum Gasteiger partial charge on any atom is 0.134 e. The number of rotatable bonds is 2. The molecule has 0 spiro atoms. The zero-order valence-corrected chi connectivity index (χ0v) is 10.3. The largest absolute Gasteiger partial charge is 0.300 e. The van der Waals surface area contributed by atoms with Crippen LogP contribution in [0.2, 0.25) is 0 Å². The topological polar surface area (TPSA) is 17.1 Å². The summed E-state index contributed by atoms with van der Waals surface area (Å²) in [7, 11) is 0. The van der Waals surface area contributed by atoms with Gasteiger partial charge in [-0.3, -0.25) is 4.79 Å². The lowest BCUT2D eigenvalue weighted by atomic mass is 10.1. The van der Waals surface area contributed by atoms with Crippen molar-refractivity contribution in [1.82, 2.24) is 0 Å². The maximum atomic E-state index is 12.5. The van der Waals surface area contributed by atoms with E-state index in [2.05, 4.69) is 0 Å². The third kappa shape index (κ3) is 9.13. The molecule has 0 aliphatic rings. The number of Topliss-reactive ketones (excluding diaryl/α,β-unsaturated/α-hetero) is 1. The van der Waals surface area contributed by atoms with Crippen LogP contribution in [-0.4, -0.2) is 5.78 Å². The van der Waals surface area contributed by atoms with Crippen LogP contribution in [0.25, 0.3) is 0 Å². The Hall–Kier alpha value is -1.18. The molecule has 1 nitrogen and oxygen atoms in total. The van der Waals surface area contributed by atoms with Crippen LogP contribution in [0, 0.1) is 5.82 Å². The molecule has 0 aliphatic carbocycles. The summed E-state index contributed by atoms with van der Waals surface area (Å²) in [6, 6.07) is 6.09. The molecule has 0 atom stereocenters. The first kappa shape index (κ1) is 16.3.